The van der Waals surface area contributed by atoms with E-state index in [0.29, 0.717) is 51.2 Å². The molecule has 0 saturated heterocycles. The third-order valence-corrected chi connectivity index (χ3v) is 6.81. The van der Waals surface area contributed by atoms with Gasteiger partial charge in [-0.25, -0.2) is 5.43 Å². The van der Waals surface area contributed by atoms with Crippen LogP contribution in [0.15, 0.2) is 82.3 Å². The van der Waals surface area contributed by atoms with Gasteiger partial charge in [0.2, 0.25) is 0 Å². The zero-order valence-corrected chi connectivity index (χ0v) is 21.5. The van der Waals surface area contributed by atoms with Crippen molar-refractivity contribution >= 4 is 46.4 Å². The zero-order valence-electron chi connectivity index (χ0n) is 20.0. The summed E-state index contributed by atoms with van der Waals surface area (Å²) < 4.78 is 5.94. The van der Waals surface area contributed by atoms with Crippen LogP contribution >= 0.6 is 23.2 Å². The lowest BCUT2D eigenvalue weighted by Gasteiger charge is -2.13. The lowest BCUT2D eigenvalue weighted by Crippen LogP contribution is -2.22. The highest BCUT2D eigenvalue weighted by Gasteiger charge is 2.28. The Morgan fingerprint density at radius 1 is 0.892 bits per heavy atom. The van der Waals surface area contributed by atoms with Gasteiger partial charge in [-0.05, 0) is 61.2 Å². The minimum Gasteiger partial charge on any atom is -0.455 e. The molecule has 1 aliphatic carbocycles. The first-order valence-corrected chi connectivity index (χ1v) is 12.6. The van der Waals surface area contributed by atoms with E-state index in [1.807, 2.05) is 49.4 Å². The van der Waals surface area contributed by atoms with Gasteiger partial charge in [0.1, 0.15) is 5.76 Å². The second-order valence-corrected chi connectivity index (χ2v) is 9.57. The number of amides is 2. The van der Waals surface area contributed by atoms with Gasteiger partial charge < -0.3 is 9.73 Å². The number of hydrogen-bond acceptors (Lipinski definition) is 4. The van der Waals surface area contributed by atoms with E-state index in [2.05, 4.69) is 15.8 Å². The molecule has 0 bridgehead atoms. The first kappa shape index (κ1) is 24.8. The summed E-state index contributed by atoms with van der Waals surface area (Å²) in [5.41, 5.74) is 7.82. The summed E-state index contributed by atoms with van der Waals surface area (Å²) in [5, 5.41) is 7.99. The van der Waals surface area contributed by atoms with Crippen LogP contribution in [0, 0.1) is 6.92 Å². The fraction of sp³-hybridized carbons (Fsp3) is 0.138. The van der Waals surface area contributed by atoms with Crippen LogP contribution in [-0.2, 0) is 6.42 Å². The number of furan rings is 1. The maximum atomic E-state index is 13.0. The quantitative estimate of drug-likeness (QED) is 0.265. The number of nitrogens with zero attached hydrogens (tertiary/aromatic N) is 1. The fourth-order valence-electron chi connectivity index (χ4n) is 4.39. The number of hydrogen-bond donors (Lipinski definition) is 2. The van der Waals surface area contributed by atoms with Crippen molar-refractivity contribution in [2.24, 2.45) is 5.10 Å². The highest BCUT2D eigenvalue weighted by atomic mass is 35.5. The third kappa shape index (κ3) is 5.31. The molecule has 2 amide bonds. The van der Waals surface area contributed by atoms with Crippen LogP contribution in [0.2, 0.25) is 10.0 Å². The van der Waals surface area contributed by atoms with Gasteiger partial charge in [-0.3, -0.25) is 9.59 Å². The van der Waals surface area contributed by atoms with Crippen molar-refractivity contribution in [1.29, 1.82) is 0 Å². The number of rotatable bonds is 5. The van der Waals surface area contributed by atoms with Crippen molar-refractivity contribution in [1.82, 2.24) is 5.43 Å². The van der Waals surface area contributed by atoms with Crippen LogP contribution in [0.5, 0.6) is 0 Å². The molecule has 0 radical (unpaired) electrons. The third-order valence-electron chi connectivity index (χ3n) is 6.26. The number of carbonyl (C=O) groups excluding carboxylic acids is 2. The second kappa shape index (κ2) is 10.6. The maximum Gasteiger partial charge on any atom is 0.291 e. The van der Waals surface area contributed by atoms with Crippen molar-refractivity contribution in [3.05, 3.63) is 111 Å². The Balaban J connectivity index is 1.33. The topological polar surface area (TPSA) is 83.7 Å². The van der Waals surface area contributed by atoms with Crippen molar-refractivity contribution in [3.8, 4) is 11.1 Å². The van der Waals surface area contributed by atoms with Gasteiger partial charge in [-0.1, -0.05) is 65.7 Å². The van der Waals surface area contributed by atoms with Crippen LogP contribution in [0.1, 0.15) is 50.6 Å². The first-order valence-electron chi connectivity index (χ1n) is 11.8. The predicted molar refractivity (Wildman–Crippen MR) is 147 cm³/mol. The van der Waals surface area contributed by atoms with Crippen LogP contribution in [0.3, 0.4) is 0 Å². The summed E-state index contributed by atoms with van der Waals surface area (Å²) in [4.78, 5) is 25.7. The van der Waals surface area contributed by atoms with Gasteiger partial charge in [0.25, 0.3) is 11.8 Å². The Kier molecular flexibility index (Phi) is 7.12. The van der Waals surface area contributed by atoms with E-state index in [0.717, 1.165) is 23.1 Å². The number of nitrogens with one attached hydrogen (secondary N) is 2. The monoisotopic (exact) mass is 531 g/mol. The Morgan fingerprint density at radius 3 is 2.35 bits per heavy atom. The van der Waals surface area contributed by atoms with E-state index >= 15 is 0 Å². The molecule has 2 N–H and O–H groups in total. The molecular formula is C29H23Cl2N3O3. The molecule has 0 spiro atoms. The number of aryl methyl sites for hydroxylation is 1. The standard InChI is InChI=1S/C29H23Cl2N3O3/c1-17-26-24(33-34-28(35)20-12-10-19(11-13-20)18-6-3-2-4-7-18)8-5-9-25(26)37-27(17)29(36)32-23-15-14-21(30)16-22(23)31/h2-4,6-7,10-16H,5,8-9H2,1H3,(H,32,36)(H,34,35)/b33-24+. The minimum absolute atomic E-state index is 0.188. The number of fused-ring (bicyclic) bond motifs is 1. The molecule has 6 nitrogen and oxygen atoms in total. The first-order chi connectivity index (χ1) is 17.9. The van der Waals surface area contributed by atoms with Gasteiger partial charge in [0.15, 0.2) is 5.76 Å². The molecule has 0 saturated carbocycles. The van der Waals surface area contributed by atoms with Gasteiger partial charge in [0.05, 0.1) is 16.4 Å². The van der Waals surface area contributed by atoms with E-state index in [1.54, 1.807) is 30.3 Å². The number of anilines is 1. The number of hydrazone groups is 1. The SMILES string of the molecule is Cc1c(C(=O)Nc2ccc(Cl)cc2Cl)oc2c1/C(=N/NC(=O)c1ccc(-c3ccccc3)cc1)CCC2. The summed E-state index contributed by atoms with van der Waals surface area (Å²) in [6.07, 6.45) is 2.13. The molecule has 0 unspecified atom stereocenters. The highest BCUT2D eigenvalue weighted by molar-refractivity contribution is 6.36. The van der Waals surface area contributed by atoms with E-state index < -0.39 is 5.91 Å². The minimum atomic E-state index is -0.419. The Morgan fingerprint density at radius 2 is 1.62 bits per heavy atom. The van der Waals surface area contributed by atoms with Crippen LogP contribution in [0.4, 0.5) is 5.69 Å². The van der Waals surface area contributed by atoms with Gasteiger partial charge in [0, 0.05) is 28.1 Å². The van der Waals surface area contributed by atoms with Crippen molar-refractivity contribution in [3.63, 3.8) is 0 Å². The molecule has 0 atom stereocenters. The molecule has 3 aromatic carbocycles. The average molecular weight is 532 g/mol. The lowest BCUT2D eigenvalue weighted by molar-refractivity contribution is 0.0953. The highest BCUT2D eigenvalue weighted by Crippen LogP contribution is 2.31. The van der Waals surface area contributed by atoms with E-state index in [1.165, 1.54) is 0 Å². The van der Waals surface area contributed by atoms with Crippen LogP contribution in [0.25, 0.3) is 11.1 Å². The normalized spacial score (nSPS) is 13.8. The van der Waals surface area contributed by atoms with E-state index in [9.17, 15) is 9.59 Å². The van der Waals surface area contributed by atoms with E-state index in [-0.39, 0.29) is 11.7 Å². The Bertz CT molecular complexity index is 1510. The van der Waals surface area contributed by atoms with Crippen molar-refractivity contribution in [2.45, 2.75) is 26.2 Å². The largest absolute Gasteiger partial charge is 0.455 e. The van der Waals surface area contributed by atoms with Crippen molar-refractivity contribution in [2.75, 3.05) is 5.32 Å². The Hall–Kier alpha value is -3.87. The van der Waals surface area contributed by atoms with Crippen LogP contribution in [-0.4, -0.2) is 17.5 Å². The van der Waals surface area contributed by atoms with Crippen LogP contribution < -0.4 is 10.7 Å². The number of benzene rings is 3. The average Bonchev–Trinajstić information content (AvgIpc) is 3.26. The zero-order chi connectivity index (χ0) is 25.9. The summed E-state index contributed by atoms with van der Waals surface area (Å²) in [5.74, 6) is 0.138. The maximum absolute atomic E-state index is 13.0. The number of carbonyl (C=O) groups is 2. The smallest absolute Gasteiger partial charge is 0.291 e. The number of halogens is 2. The molecule has 186 valence electrons. The molecule has 37 heavy (non-hydrogen) atoms. The van der Waals surface area contributed by atoms with Gasteiger partial charge in [-0.15, -0.1) is 0 Å². The molecule has 1 aromatic heterocycles. The summed E-state index contributed by atoms with van der Waals surface area (Å²) in [6, 6.07) is 22.2. The molecule has 8 heteroatoms. The van der Waals surface area contributed by atoms with Gasteiger partial charge >= 0.3 is 0 Å². The molecule has 0 fully saturated rings. The van der Waals surface area contributed by atoms with E-state index in [4.69, 9.17) is 27.6 Å². The van der Waals surface area contributed by atoms with Crippen molar-refractivity contribution < 1.29 is 14.0 Å². The molecule has 1 aliphatic rings. The second-order valence-electron chi connectivity index (χ2n) is 8.73. The molecule has 5 rings (SSSR count). The summed E-state index contributed by atoms with van der Waals surface area (Å²) >= 11 is 12.1. The Labute approximate surface area is 224 Å². The van der Waals surface area contributed by atoms with Gasteiger partial charge in [-0.2, -0.15) is 5.10 Å². The molecular weight excluding hydrogens is 509 g/mol. The summed E-state index contributed by atoms with van der Waals surface area (Å²) in [6.45, 7) is 1.81. The predicted octanol–water partition coefficient (Wildman–Crippen LogP) is 7.28. The summed E-state index contributed by atoms with van der Waals surface area (Å²) in [7, 11) is 0. The fourth-order valence-corrected chi connectivity index (χ4v) is 4.85. The lowest BCUT2D eigenvalue weighted by atomic mass is 9.93. The molecule has 0 aliphatic heterocycles. The molecule has 4 aromatic rings. The molecule has 1 heterocycles.